The van der Waals surface area contributed by atoms with Crippen LogP contribution in [0.1, 0.15) is 12.8 Å². The van der Waals surface area contributed by atoms with Crippen molar-refractivity contribution in [3.8, 4) is 0 Å². The fourth-order valence-corrected chi connectivity index (χ4v) is 2.41. The number of H-pyrrole nitrogens is 1. The van der Waals surface area contributed by atoms with Crippen molar-refractivity contribution < 1.29 is 0 Å². The first kappa shape index (κ1) is 12.6. The zero-order valence-corrected chi connectivity index (χ0v) is 11.0. The fraction of sp³-hybridized carbons (Fsp3) is 0.385. The average molecular weight is 272 g/mol. The molecule has 1 aliphatic heterocycles. The minimum absolute atomic E-state index is 0.149. The molecule has 1 saturated heterocycles. The van der Waals surface area contributed by atoms with E-state index in [-0.39, 0.29) is 11.6 Å². The smallest absolute Gasteiger partial charge is 0.290 e. The van der Waals surface area contributed by atoms with E-state index in [1.807, 2.05) is 4.90 Å². The van der Waals surface area contributed by atoms with Crippen molar-refractivity contribution in [3.05, 3.63) is 41.2 Å². The Bertz CT molecular complexity index is 614. The van der Waals surface area contributed by atoms with Crippen molar-refractivity contribution in [2.45, 2.75) is 18.9 Å². The summed E-state index contributed by atoms with van der Waals surface area (Å²) in [4.78, 5) is 28.9. The van der Waals surface area contributed by atoms with E-state index in [2.05, 4.69) is 25.3 Å². The summed E-state index contributed by atoms with van der Waals surface area (Å²) in [6, 6.07) is 2.00. The van der Waals surface area contributed by atoms with Gasteiger partial charge in [0.15, 0.2) is 5.82 Å². The Kier molecular flexibility index (Phi) is 3.58. The Morgan fingerprint density at radius 1 is 1.25 bits per heavy atom. The Morgan fingerprint density at radius 3 is 2.90 bits per heavy atom. The van der Waals surface area contributed by atoms with Crippen LogP contribution in [0.4, 0.5) is 11.8 Å². The molecule has 3 rings (SSSR count). The maximum atomic E-state index is 11.8. The lowest BCUT2D eigenvalue weighted by Gasteiger charge is -2.33. The minimum atomic E-state index is -0.149. The van der Waals surface area contributed by atoms with Gasteiger partial charge in [-0.15, -0.1) is 0 Å². The van der Waals surface area contributed by atoms with Crippen molar-refractivity contribution in [3.63, 3.8) is 0 Å². The number of nitrogens with zero attached hydrogens (tertiary/aromatic N) is 4. The normalized spacial score (nSPS) is 18.8. The van der Waals surface area contributed by atoms with E-state index in [9.17, 15) is 4.79 Å². The Labute approximate surface area is 116 Å². The van der Waals surface area contributed by atoms with Gasteiger partial charge in [0.2, 0.25) is 5.95 Å². The summed E-state index contributed by atoms with van der Waals surface area (Å²) >= 11 is 0. The number of anilines is 2. The highest BCUT2D eigenvalue weighted by Crippen LogP contribution is 2.16. The summed E-state index contributed by atoms with van der Waals surface area (Å²) in [5.41, 5.74) is -0.149. The van der Waals surface area contributed by atoms with Gasteiger partial charge in [0.25, 0.3) is 5.56 Å². The molecule has 2 aromatic rings. The summed E-state index contributed by atoms with van der Waals surface area (Å²) in [7, 11) is 0. The van der Waals surface area contributed by atoms with Crippen molar-refractivity contribution >= 4 is 11.8 Å². The quantitative estimate of drug-likeness (QED) is 0.852. The largest absolute Gasteiger partial charge is 0.350 e. The molecule has 0 unspecified atom stereocenters. The summed E-state index contributed by atoms with van der Waals surface area (Å²) < 4.78 is 0. The van der Waals surface area contributed by atoms with Crippen LogP contribution in [0.25, 0.3) is 0 Å². The van der Waals surface area contributed by atoms with E-state index >= 15 is 0 Å². The van der Waals surface area contributed by atoms with E-state index in [1.165, 1.54) is 0 Å². The Balaban J connectivity index is 1.71. The van der Waals surface area contributed by atoms with Gasteiger partial charge < -0.3 is 15.2 Å². The highest BCUT2D eigenvalue weighted by atomic mass is 16.1. The number of rotatable bonds is 3. The van der Waals surface area contributed by atoms with Gasteiger partial charge in [0.05, 0.1) is 0 Å². The topological polar surface area (TPSA) is 86.8 Å². The number of aromatic amines is 1. The number of aromatic nitrogens is 4. The molecule has 0 radical (unpaired) electrons. The zero-order chi connectivity index (χ0) is 13.8. The molecule has 104 valence electrons. The van der Waals surface area contributed by atoms with E-state index in [4.69, 9.17) is 0 Å². The molecule has 0 spiro atoms. The van der Waals surface area contributed by atoms with Crippen LogP contribution < -0.4 is 15.8 Å². The van der Waals surface area contributed by atoms with Gasteiger partial charge in [-0.2, -0.15) is 0 Å². The van der Waals surface area contributed by atoms with E-state index in [1.54, 1.807) is 30.9 Å². The SMILES string of the molecule is O=c1[nH]ccnc1N1CCC[C@H](Nc2ncccn2)C1. The molecule has 0 amide bonds. The average Bonchev–Trinajstić information content (AvgIpc) is 2.49. The number of nitrogens with one attached hydrogen (secondary N) is 2. The standard InChI is InChI=1S/C13H16N6O/c20-12-11(14-6-7-15-12)19-8-1-3-10(9-19)18-13-16-4-2-5-17-13/h2,4-7,10H,1,3,8-9H2,(H,15,20)(H,16,17,18)/t10-/m0/s1. The fourth-order valence-electron chi connectivity index (χ4n) is 2.41. The van der Waals surface area contributed by atoms with E-state index in [0.29, 0.717) is 11.8 Å². The maximum absolute atomic E-state index is 11.8. The molecule has 0 bridgehead atoms. The molecule has 2 N–H and O–H groups in total. The van der Waals surface area contributed by atoms with Crippen molar-refractivity contribution in [1.29, 1.82) is 0 Å². The van der Waals surface area contributed by atoms with Crippen LogP contribution >= 0.6 is 0 Å². The lowest BCUT2D eigenvalue weighted by Crippen LogP contribution is -2.44. The van der Waals surface area contributed by atoms with Gasteiger partial charge in [-0.05, 0) is 18.9 Å². The van der Waals surface area contributed by atoms with Gasteiger partial charge in [-0.3, -0.25) is 4.79 Å². The Morgan fingerprint density at radius 2 is 2.10 bits per heavy atom. The lowest BCUT2D eigenvalue weighted by atomic mass is 10.1. The van der Waals surface area contributed by atoms with Gasteiger partial charge >= 0.3 is 0 Å². The first-order valence-corrected chi connectivity index (χ1v) is 6.65. The van der Waals surface area contributed by atoms with Gasteiger partial charge in [0.1, 0.15) is 0 Å². The molecule has 1 fully saturated rings. The molecule has 1 atom stereocenters. The first-order chi connectivity index (χ1) is 9.83. The van der Waals surface area contributed by atoms with Gasteiger partial charge in [-0.25, -0.2) is 15.0 Å². The molecule has 0 aliphatic carbocycles. The van der Waals surface area contributed by atoms with E-state index < -0.39 is 0 Å². The molecule has 7 heteroatoms. The maximum Gasteiger partial charge on any atom is 0.290 e. The molecule has 1 aliphatic rings. The zero-order valence-electron chi connectivity index (χ0n) is 11.0. The number of hydrogen-bond acceptors (Lipinski definition) is 6. The van der Waals surface area contributed by atoms with Crippen LogP contribution in [0.3, 0.4) is 0 Å². The van der Waals surface area contributed by atoms with Crippen molar-refractivity contribution in [2.75, 3.05) is 23.3 Å². The van der Waals surface area contributed by atoms with Gasteiger partial charge in [-0.1, -0.05) is 0 Å². The second kappa shape index (κ2) is 5.68. The number of hydrogen-bond donors (Lipinski definition) is 2. The summed E-state index contributed by atoms with van der Waals surface area (Å²) in [5, 5.41) is 3.30. The van der Waals surface area contributed by atoms with Crippen LogP contribution in [-0.4, -0.2) is 39.1 Å². The molecule has 7 nitrogen and oxygen atoms in total. The number of piperidine rings is 1. The second-order valence-electron chi connectivity index (χ2n) is 4.74. The highest BCUT2D eigenvalue weighted by Gasteiger charge is 2.22. The van der Waals surface area contributed by atoms with Crippen LogP contribution in [0.5, 0.6) is 0 Å². The van der Waals surface area contributed by atoms with Gasteiger partial charge in [0, 0.05) is 43.9 Å². The Hall–Kier alpha value is -2.44. The monoisotopic (exact) mass is 272 g/mol. The molecule has 2 aromatic heterocycles. The minimum Gasteiger partial charge on any atom is -0.350 e. The third kappa shape index (κ3) is 2.76. The summed E-state index contributed by atoms with van der Waals surface area (Å²) in [5.74, 6) is 1.10. The lowest BCUT2D eigenvalue weighted by molar-refractivity contribution is 0.522. The molecule has 0 aromatic carbocycles. The molecule has 20 heavy (non-hydrogen) atoms. The van der Waals surface area contributed by atoms with Crippen molar-refractivity contribution in [1.82, 2.24) is 19.9 Å². The van der Waals surface area contributed by atoms with E-state index in [0.717, 1.165) is 25.9 Å². The molecular formula is C13H16N6O. The molecular weight excluding hydrogens is 256 g/mol. The third-order valence-electron chi connectivity index (χ3n) is 3.31. The summed E-state index contributed by atoms with van der Waals surface area (Å²) in [6.45, 7) is 1.56. The van der Waals surface area contributed by atoms with Crippen LogP contribution in [0.15, 0.2) is 35.6 Å². The summed E-state index contributed by atoms with van der Waals surface area (Å²) in [6.07, 6.45) is 8.59. The highest BCUT2D eigenvalue weighted by molar-refractivity contribution is 5.37. The predicted molar refractivity (Wildman–Crippen MR) is 75.7 cm³/mol. The first-order valence-electron chi connectivity index (χ1n) is 6.65. The van der Waals surface area contributed by atoms with Crippen molar-refractivity contribution in [2.24, 2.45) is 0 Å². The second-order valence-corrected chi connectivity index (χ2v) is 4.74. The third-order valence-corrected chi connectivity index (χ3v) is 3.31. The van der Waals surface area contributed by atoms with Crippen LogP contribution in [0, 0.1) is 0 Å². The molecule has 3 heterocycles. The molecule has 0 saturated carbocycles. The van der Waals surface area contributed by atoms with Crippen LogP contribution in [0.2, 0.25) is 0 Å². The van der Waals surface area contributed by atoms with Crippen LogP contribution in [-0.2, 0) is 0 Å². The predicted octanol–water partition coefficient (Wildman–Crippen LogP) is 0.641.